The van der Waals surface area contributed by atoms with Gasteiger partial charge in [0, 0.05) is 35.4 Å². The maximum Gasteiger partial charge on any atom is 0.330 e. The third-order valence-corrected chi connectivity index (χ3v) is 5.86. The van der Waals surface area contributed by atoms with Crippen LogP contribution in [-0.4, -0.2) is 29.9 Å². The van der Waals surface area contributed by atoms with Gasteiger partial charge in [0.25, 0.3) is 0 Å². The Labute approximate surface area is 192 Å². The van der Waals surface area contributed by atoms with Crippen molar-refractivity contribution in [2.24, 2.45) is 10.7 Å². The van der Waals surface area contributed by atoms with Crippen LogP contribution < -0.4 is 26.4 Å². The van der Waals surface area contributed by atoms with E-state index in [1.54, 1.807) is 35.5 Å². The summed E-state index contributed by atoms with van der Waals surface area (Å²) in [7, 11) is 3.18. The first kappa shape index (κ1) is 18.3. The van der Waals surface area contributed by atoms with Crippen molar-refractivity contribution in [2.75, 3.05) is 20.8 Å². The number of aryl methyl sites for hydroxylation is 4. The monoisotopic (exact) mass is 437 g/mol. The third-order valence-electron chi connectivity index (χ3n) is 5.86. The zero-order chi connectivity index (χ0) is 25.5. The Morgan fingerprint density at radius 2 is 1.78 bits per heavy atom. The van der Waals surface area contributed by atoms with Crippen LogP contribution in [0.4, 0.5) is 5.69 Å². The zero-order valence-corrected chi connectivity index (χ0v) is 18.9. The van der Waals surface area contributed by atoms with Gasteiger partial charge in [-0.3, -0.25) is 9.13 Å². The van der Waals surface area contributed by atoms with Gasteiger partial charge >= 0.3 is 5.69 Å². The molecule has 32 heavy (non-hydrogen) atoms. The first-order chi connectivity index (χ1) is 16.6. The smallest absolute Gasteiger partial charge is 0.330 e. The van der Waals surface area contributed by atoms with E-state index in [0.717, 1.165) is 27.9 Å². The van der Waals surface area contributed by atoms with E-state index < -0.39 is 6.85 Å². The van der Waals surface area contributed by atoms with Crippen molar-refractivity contribution in [3.63, 3.8) is 0 Å². The molecular formula is C25H30N4O3. The summed E-state index contributed by atoms with van der Waals surface area (Å²) < 4.78 is 37.5. The largest absolute Gasteiger partial charge is 0.493 e. The van der Waals surface area contributed by atoms with Crippen molar-refractivity contribution in [1.29, 1.82) is 0 Å². The summed E-state index contributed by atoms with van der Waals surface area (Å²) in [5.74, 6) is 1.22. The van der Waals surface area contributed by atoms with E-state index in [-0.39, 0.29) is 17.8 Å². The highest BCUT2D eigenvalue weighted by atomic mass is 16.5. The minimum atomic E-state index is -2.21. The van der Waals surface area contributed by atoms with Crippen molar-refractivity contribution < 1.29 is 13.6 Å². The Morgan fingerprint density at radius 1 is 1.09 bits per heavy atom. The molecule has 1 aliphatic rings. The van der Waals surface area contributed by atoms with Crippen LogP contribution >= 0.6 is 0 Å². The molecule has 2 N–H and O–H groups in total. The first-order valence-corrected chi connectivity index (χ1v) is 10.6. The van der Waals surface area contributed by atoms with Gasteiger partial charge in [-0.15, -0.1) is 0 Å². The molecule has 0 atom stereocenters. The summed E-state index contributed by atoms with van der Waals surface area (Å²) in [6.07, 6.45) is 0.677. The topological polar surface area (TPSA) is 83.8 Å². The quantitative estimate of drug-likeness (QED) is 0.665. The summed E-state index contributed by atoms with van der Waals surface area (Å²) in [5, 5.41) is 0. The summed E-state index contributed by atoms with van der Waals surface area (Å²) in [6, 6.07) is 8.98. The number of ether oxygens (including phenoxy) is 2. The predicted molar refractivity (Wildman–Crippen MR) is 126 cm³/mol. The number of nitrogens with zero attached hydrogens (tertiary/aromatic N) is 3. The van der Waals surface area contributed by atoms with Crippen LogP contribution in [0, 0.1) is 20.7 Å². The Kier molecular flexibility index (Phi) is 4.95. The fraction of sp³-hybridized carbons (Fsp3) is 0.360. The van der Waals surface area contributed by atoms with Crippen molar-refractivity contribution in [1.82, 2.24) is 9.13 Å². The van der Waals surface area contributed by atoms with Crippen LogP contribution in [0.5, 0.6) is 11.5 Å². The highest BCUT2D eigenvalue weighted by Crippen LogP contribution is 2.37. The average Bonchev–Trinajstić information content (AvgIpc) is 2.81. The Hall–Kier alpha value is -3.32. The van der Waals surface area contributed by atoms with E-state index >= 15 is 0 Å². The van der Waals surface area contributed by atoms with Crippen molar-refractivity contribution in [2.45, 2.75) is 40.2 Å². The molecule has 2 heterocycles. The Bertz CT molecular complexity index is 1400. The molecule has 7 heteroatoms. The van der Waals surface area contributed by atoms with Gasteiger partial charge in [0.15, 0.2) is 11.5 Å². The number of benzene rings is 2. The second-order valence-corrected chi connectivity index (χ2v) is 7.95. The zero-order valence-electron chi connectivity index (χ0n) is 21.9. The Morgan fingerprint density at radius 3 is 2.41 bits per heavy atom. The maximum atomic E-state index is 13.5. The number of aromatic nitrogens is 2. The summed E-state index contributed by atoms with van der Waals surface area (Å²) in [5.41, 5.74) is 11.1. The second-order valence-electron chi connectivity index (χ2n) is 7.95. The van der Waals surface area contributed by atoms with Gasteiger partial charge in [-0.25, -0.2) is 9.79 Å². The maximum absolute atomic E-state index is 13.5. The van der Waals surface area contributed by atoms with Gasteiger partial charge in [-0.1, -0.05) is 17.7 Å². The molecule has 3 aromatic rings. The molecular weight excluding hydrogens is 404 g/mol. The van der Waals surface area contributed by atoms with Crippen molar-refractivity contribution >= 4 is 5.69 Å². The molecule has 168 valence electrons. The first-order valence-electron chi connectivity index (χ1n) is 12.1. The molecule has 1 aromatic heterocycles. The van der Waals surface area contributed by atoms with E-state index in [1.807, 2.05) is 32.0 Å². The molecule has 4 rings (SSSR count). The van der Waals surface area contributed by atoms with Gasteiger partial charge in [0.05, 0.1) is 25.6 Å². The fourth-order valence-corrected chi connectivity index (χ4v) is 4.34. The average molecular weight is 438 g/mol. The highest BCUT2D eigenvalue weighted by Gasteiger charge is 2.22. The van der Waals surface area contributed by atoms with Crippen molar-refractivity contribution in [3.05, 3.63) is 68.6 Å². The Balaban J connectivity index is 2.00. The standard InChI is InChI=1S/C25H30N4O3/c1-15-10-16(2)24(17(3)11-15)27-23-14-20-19-13-22(32-5)21(31-4)12-18(19)6-8-28(20)25(30)29(23)9-7-26/h10-14H,6-9,26H2,1-5H3/b27-23+/i1D3. The molecule has 0 spiro atoms. The van der Waals surface area contributed by atoms with Gasteiger partial charge in [0.1, 0.15) is 5.49 Å². The lowest BCUT2D eigenvalue weighted by molar-refractivity contribution is 0.354. The molecule has 0 saturated heterocycles. The molecule has 0 unspecified atom stereocenters. The van der Waals surface area contributed by atoms with E-state index in [4.69, 9.17) is 24.3 Å². The second kappa shape index (κ2) is 8.67. The highest BCUT2D eigenvalue weighted by molar-refractivity contribution is 5.70. The molecule has 0 fully saturated rings. The van der Waals surface area contributed by atoms with Gasteiger partial charge < -0.3 is 15.2 Å². The van der Waals surface area contributed by atoms with Gasteiger partial charge in [-0.05, 0) is 55.9 Å². The number of rotatable bonds is 5. The minimum absolute atomic E-state index is 0.193. The lowest BCUT2D eigenvalue weighted by atomic mass is 9.97. The van der Waals surface area contributed by atoms with Crippen LogP contribution in [0.25, 0.3) is 11.3 Å². The van der Waals surface area contributed by atoms with Crippen molar-refractivity contribution in [3.8, 4) is 22.8 Å². The molecule has 7 nitrogen and oxygen atoms in total. The number of hydrogen-bond acceptors (Lipinski definition) is 5. The summed E-state index contributed by atoms with van der Waals surface area (Å²) in [4.78, 5) is 18.4. The SMILES string of the molecule is [2H]C([2H])([2H])c1cc(C)c(/N=c2\cc3n(c(=O)n2CCN)CCc2cc(OC)c(OC)cc2-3)c(C)c1. The molecule has 0 amide bonds. The summed E-state index contributed by atoms with van der Waals surface area (Å²) >= 11 is 0. The van der Waals surface area contributed by atoms with Gasteiger partial charge in [0.2, 0.25) is 0 Å². The summed E-state index contributed by atoms with van der Waals surface area (Å²) in [6.45, 7) is 2.55. The van der Waals surface area contributed by atoms with Crippen LogP contribution in [-0.2, 0) is 19.5 Å². The molecule has 0 bridgehead atoms. The van der Waals surface area contributed by atoms with Crippen LogP contribution in [0.15, 0.2) is 40.1 Å². The molecule has 1 aliphatic heterocycles. The number of fused-ring (bicyclic) bond motifs is 3. The number of nitrogens with two attached hydrogens (primary N) is 1. The molecule has 2 aromatic carbocycles. The molecule has 0 saturated carbocycles. The van der Waals surface area contributed by atoms with E-state index in [2.05, 4.69) is 0 Å². The lowest BCUT2D eigenvalue weighted by Gasteiger charge is -2.24. The van der Waals surface area contributed by atoms with E-state index in [1.165, 1.54) is 0 Å². The van der Waals surface area contributed by atoms with Crippen LogP contribution in [0.2, 0.25) is 0 Å². The number of hydrogen-bond donors (Lipinski definition) is 1. The van der Waals surface area contributed by atoms with E-state index in [9.17, 15) is 4.79 Å². The fourth-order valence-electron chi connectivity index (χ4n) is 4.34. The lowest BCUT2D eigenvalue weighted by Crippen LogP contribution is -2.43. The third kappa shape index (κ3) is 3.73. The van der Waals surface area contributed by atoms with Crippen LogP contribution in [0.1, 0.15) is 26.4 Å². The van der Waals surface area contributed by atoms with Gasteiger partial charge in [-0.2, -0.15) is 0 Å². The minimum Gasteiger partial charge on any atom is -0.493 e. The predicted octanol–water partition coefficient (Wildman–Crippen LogP) is 3.01. The normalized spacial score (nSPS) is 14.8. The number of methoxy groups -OCH3 is 2. The molecule has 0 radical (unpaired) electrons. The van der Waals surface area contributed by atoms with Crippen LogP contribution in [0.3, 0.4) is 0 Å². The van der Waals surface area contributed by atoms with E-state index in [0.29, 0.717) is 42.2 Å². The molecule has 0 aliphatic carbocycles.